The first-order valence-corrected chi connectivity index (χ1v) is 10.2. The fourth-order valence-corrected chi connectivity index (χ4v) is 8.34. The zero-order chi connectivity index (χ0) is 13.9. The number of nitrogens with zero attached hydrogens (tertiary/aromatic N) is 1. The largest absolute Gasteiger partial charge is 0.301 e. The van der Waals surface area contributed by atoms with E-state index in [1.165, 1.54) is 19.3 Å². The Morgan fingerprint density at radius 3 is 2.00 bits per heavy atom. The quantitative estimate of drug-likeness (QED) is 0.799. The van der Waals surface area contributed by atoms with Crippen molar-refractivity contribution in [2.75, 3.05) is 37.4 Å². The number of hydrogen-bond acceptors (Lipinski definition) is 4. The highest BCUT2D eigenvalue weighted by Crippen LogP contribution is 2.54. The predicted octanol–water partition coefficient (Wildman–Crippen LogP) is 2.03. The predicted molar refractivity (Wildman–Crippen MR) is 81.4 cm³/mol. The molecule has 0 spiro atoms. The highest BCUT2D eigenvalue weighted by molar-refractivity contribution is 8.00. The van der Waals surface area contributed by atoms with Crippen molar-refractivity contribution in [3.8, 4) is 0 Å². The zero-order valence-electron chi connectivity index (χ0n) is 12.2. The summed E-state index contributed by atoms with van der Waals surface area (Å²) in [6.07, 6.45) is 6.24. The molecule has 1 saturated carbocycles. The molecule has 2 saturated heterocycles. The average molecular weight is 303 g/mol. The van der Waals surface area contributed by atoms with Gasteiger partial charge in [-0.2, -0.15) is 11.8 Å². The van der Waals surface area contributed by atoms with Crippen LogP contribution >= 0.6 is 11.8 Å². The third-order valence-corrected chi connectivity index (χ3v) is 9.45. The zero-order valence-corrected chi connectivity index (χ0v) is 13.9. The number of fused-ring (bicyclic) bond motifs is 1. The lowest BCUT2D eigenvalue weighted by Crippen LogP contribution is -2.45. The minimum absolute atomic E-state index is 0.0326. The van der Waals surface area contributed by atoms with Crippen LogP contribution in [-0.4, -0.2) is 55.5 Å². The molecule has 19 heavy (non-hydrogen) atoms. The van der Waals surface area contributed by atoms with Crippen LogP contribution < -0.4 is 0 Å². The normalized spacial score (nSPS) is 43.9. The minimum Gasteiger partial charge on any atom is -0.301 e. The van der Waals surface area contributed by atoms with Gasteiger partial charge in [-0.05, 0) is 19.1 Å². The van der Waals surface area contributed by atoms with Gasteiger partial charge in [0.2, 0.25) is 0 Å². The second-order valence-corrected chi connectivity index (χ2v) is 10.9. The summed E-state index contributed by atoms with van der Waals surface area (Å²) in [5, 5.41) is 0. The second-order valence-electron chi connectivity index (χ2n) is 7.54. The van der Waals surface area contributed by atoms with Gasteiger partial charge >= 0.3 is 0 Å². The van der Waals surface area contributed by atoms with E-state index < -0.39 is 9.84 Å². The first-order valence-electron chi connectivity index (χ1n) is 7.20. The van der Waals surface area contributed by atoms with Gasteiger partial charge in [0.25, 0.3) is 0 Å². The fraction of sp³-hybridized carbons (Fsp3) is 1.00. The van der Waals surface area contributed by atoms with Gasteiger partial charge in [0.05, 0.1) is 11.5 Å². The summed E-state index contributed by atoms with van der Waals surface area (Å²) >= 11 is 2.01. The van der Waals surface area contributed by atoms with E-state index in [2.05, 4.69) is 25.0 Å². The molecule has 0 unspecified atom stereocenters. The Kier molecular flexibility index (Phi) is 3.09. The first kappa shape index (κ1) is 14.2. The van der Waals surface area contributed by atoms with Gasteiger partial charge in [0, 0.05) is 35.2 Å². The molecule has 2 atom stereocenters. The molecule has 0 aromatic carbocycles. The van der Waals surface area contributed by atoms with E-state index in [1.54, 1.807) is 0 Å². The number of hydrogen-bond donors (Lipinski definition) is 0. The summed E-state index contributed by atoms with van der Waals surface area (Å²) in [4.78, 5) is 2.55. The van der Waals surface area contributed by atoms with E-state index in [1.807, 2.05) is 11.8 Å². The summed E-state index contributed by atoms with van der Waals surface area (Å²) in [6, 6.07) is 0. The Morgan fingerprint density at radius 1 is 1.11 bits per heavy atom. The number of thioether (sulfide) groups is 1. The Balaban J connectivity index is 1.75. The lowest BCUT2D eigenvalue weighted by atomic mass is 9.71. The Hall–Kier alpha value is 0.260. The van der Waals surface area contributed by atoms with Crippen LogP contribution in [-0.2, 0) is 9.84 Å². The van der Waals surface area contributed by atoms with Crippen molar-refractivity contribution in [3.05, 3.63) is 0 Å². The van der Waals surface area contributed by atoms with Crippen LogP contribution in [0.25, 0.3) is 0 Å². The van der Waals surface area contributed by atoms with Gasteiger partial charge in [-0.1, -0.05) is 20.3 Å². The molecule has 0 radical (unpaired) electrons. The molecule has 3 fully saturated rings. The van der Waals surface area contributed by atoms with E-state index in [4.69, 9.17) is 0 Å². The van der Waals surface area contributed by atoms with Gasteiger partial charge in [-0.25, -0.2) is 8.42 Å². The third-order valence-electron chi connectivity index (χ3n) is 5.89. The molecule has 3 nitrogen and oxygen atoms in total. The molecule has 0 aromatic heterocycles. The summed E-state index contributed by atoms with van der Waals surface area (Å²) in [6.45, 7) is 7.45. The summed E-state index contributed by atoms with van der Waals surface area (Å²) in [5.41, 5.74) is -0.0651. The number of sulfone groups is 1. The summed E-state index contributed by atoms with van der Waals surface area (Å²) in [5.74, 6) is 0.776. The van der Waals surface area contributed by atoms with E-state index >= 15 is 0 Å². The topological polar surface area (TPSA) is 37.4 Å². The molecule has 3 aliphatic rings. The van der Waals surface area contributed by atoms with E-state index in [0.29, 0.717) is 16.3 Å². The van der Waals surface area contributed by atoms with Gasteiger partial charge in [0.15, 0.2) is 9.84 Å². The standard InChI is InChI=1S/C14H25NO2S2/c1-12-7-15(9-14(18-3)5-4-6-14)8-13(12,2)11-19(16,17)10-12/h4-11H2,1-3H3/t12-,13+. The van der Waals surface area contributed by atoms with Crippen LogP contribution in [0.4, 0.5) is 0 Å². The van der Waals surface area contributed by atoms with Gasteiger partial charge < -0.3 is 4.90 Å². The van der Waals surface area contributed by atoms with E-state index in [-0.39, 0.29) is 10.8 Å². The van der Waals surface area contributed by atoms with Gasteiger partial charge in [-0.3, -0.25) is 0 Å². The fourth-order valence-electron chi connectivity index (χ4n) is 4.40. The molecule has 5 heteroatoms. The first-order chi connectivity index (χ1) is 8.72. The molecule has 110 valence electrons. The SMILES string of the molecule is CSC1(CN2C[C@@]3(C)CS(=O)(=O)C[C@@]3(C)C2)CCC1. The van der Waals surface area contributed by atoms with Crippen molar-refractivity contribution < 1.29 is 8.42 Å². The molecule has 0 amide bonds. The molecular formula is C14H25NO2S2. The van der Waals surface area contributed by atoms with Gasteiger partial charge in [0.1, 0.15) is 0 Å². The van der Waals surface area contributed by atoms with Crippen molar-refractivity contribution in [1.29, 1.82) is 0 Å². The molecule has 1 aliphatic carbocycles. The molecule has 0 N–H and O–H groups in total. The number of rotatable bonds is 3. The molecule has 2 aliphatic heterocycles. The maximum Gasteiger partial charge on any atom is 0.151 e. The smallest absolute Gasteiger partial charge is 0.151 e. The average Bonchev–Trinajstić information content (AvgIpc) is 2.50. The van der Waals surface area contributed by atoms with Crippen molar-refractivity contribution in [2.24, 2.45) is 10.8 Å². The van der Waals surface area contributed by atoms with Crippen molar-refractivity contribution in [3.63, 3.8) is 0 Å². The van der Waals surface area contributed by atoms with Crippen molar-refractivity contribution in [2.45, 2.75) is 37.9 Å². The van der Waals surface area contributed by atoms with Crippen LogP contribution in [0.2, 0.25) is 0 Å². The van der Waals surface area contributed by atoms with Crippen LogP contribution in [0.3, 0.4) is 0 Å². The molecule has 0 bridgehead atoms. The molecule has 2 heterocycles. The summed E-state index contributed by atoms with van der Waals surface area (Å²) in [7, 11) is -2.82. The van der Waals surface area contributed by atoms with Crippen LogP contribution in [0.1, 0.15) is 33.1 Å². The lowest BCUT2D eigenvalue weighted by Gasteiger charge is -2.43. The van der Waals surface area contributed by atoms with E-state index in [9.17, 15) is 8.42 Å². The van der Waals surface area contributed by atoms with Crippen LogP contribution in [0.15, 0.2) is 0 Å². The minimum atomic E-state index is -2.82. The highest BCUT2D eigenvalue weighted by Gasteiger charge is 2.60. The van der Waals surface area contributed by atoms with Crippen LogP contribution in [0.5, 0.6) is 0 Å². The van der Waals surface area contributed by atoms with E-state index in [0.717, 1.165) is 19.6 Å². The Morgan fingerprint density at radius 2 is 1.63 bits per heavy atom. The maximum absolute atomic E-state index is 11.9. The van der Waals surface area contributed by atoms with Crippen molar-refractivity contribution in [1.82, 2.24) is 4.90 Å². The molecular weight excluding hydrogens is 278 g/mol. The third kappa shape index (κ3) is 2.16. The lowest BCUT2D eigenvalue weighted by molar-refractivity contribution is 0.212. The maximum atomic E-state index is 11.9. The molecule has 0 aromatic rings. The number of likely N-dealkylation sites (tertiary alicyclic amines) is 1. The monoisotopic (exact) mass is 303 g/mol. The van der Waals surface area contributed by atoms with Crippen molar-refractivity contribution >= 4 is 21.6 Å². The second kappa shape index (κ2) is 4.14. The summed E-state index contributed by atoms with van der Waals surface area (Å²) < 4.78 is 24.4. The highest BCUT2D eigenvalue weighted by atomic mass is 32.2. The molecule has 3 rings (SSSR count). The Labute approximate surface area is 121 Å². The van der Waals surface area contributed by atoms with Gasteiger partial charge in [-0.15, -0.1) is 0 Å². The Bertz CT molecular complexity index is 454. The van der Waals surface area contributed by atoms with Crippen LogP contribution in [0, 0.1) is 10.8 Å².